The van der Waals surface area contributed by atoms with Crippen molar-refractivity contribution in [1.82, 2.24) is 4.31 Å². The molecule has 1 fully saturated rings. The maximum atomic E-state index is 13.2. The van der Waals surface area contributed by atoms with E-state index >= 15 is 0 Å². The van der Waals surface area contributed by atoms with Crippen LogP contribution in [0.25, 0.3) is 0 Å². The first-order valence-corrected chi connectivity index (χ1v) is 7.82. The molecule has 106 valence electrons. The highest BCUT2D eigenvalue weighted by Gasteiger charge is 2.35. The van der Waals surface area contributed by atoms with E-state index in [-0.39, 0.29) is 4.90 Å². The molecule has 0 aromatic heterocycles. The van der Waals surface area contributed by atoms with Gasteiger partial charge in [0.1, 0.15) is 5.82 Å². The molecule has 0 amide bonds. The molecule has 1 aliphatic rings. The Morgan fingerprint density at radius 1 is 1.42 bits per heavy atom. The molecule has 0 radical (unpaired) electrons. The van der Waals surface area contributed by atoms with E-state index in [1.54, 1.807) is 6.92 Å². The standard InChI is InChI=1S/C13H18FNO3S/c1-10(16)13-7-2-3-8-15(13)19(17,18)12-6-4-5-11(14)9-12/h4-6,9-10,13,16H,2-3,7-8H2,1H3. The molecule has 6 heteroatoms. The van der Waals surface area contributed by atoms with Gasteiger partial charge in [0, 0.05) is 6.54 Å². The number of hydrogen-bond acceptors (Lipinski definition) is 3. The van der Waals surface area contributed by atoms with Crippen LogP contribution in [0, 0.1) is 5.82 Å². The van der Waals surface area contributed by atoms with Crippen LogP contribution in [0.2, 0.25) is 0 Å². The van der Waals surface area contributed by atoms with Gasteiger partial charge in [0.2, 0.25) is 10.0 Å². The summed E-state index contributed by atoms with van der Waals surface area (Å²) >= 11 is 0. The van der Waals surface area contributed by atoms with E-state index in [4.69, 9.17) is 0 Å². The first-order valence-electron chi connectivity index (χ1n) is 6.38. The number of hydrogen-bond donors (Lipinski definition) is 1. The summed E-state index contributed by atoms with van der Waals surface area (Å²) in [7, 11) is -3.75. The predicted octanol–water partition coefficient (Wildman–Crippen LogP) is 1.75. The SMILES string of the molecule is CC(O)C1CCCCN1S(=O)(=O)c1cccc(F)c1. The highest BCUT2D eigenvalue weighted by atomic mass is 32.2. The molecule has 2 unspecified atom stereocenters. The van der Waals surface area contributed by atoms with Crippen LogP contribution in [0.3, 0.4) is 0 Å². The fourth-order valence-electron chi connectivity index (χ4n) is 2.47. The molecule has 1 aliphatic heterocycles. The summed E-state index contributed by atoms with van der Waals surface area (Å²) in [6, 6.07) is 4.56. The summed E-state index contributed by atoms with van der Waals surface area (Å²) < 4.78 is 39.5. The quantitative estimate of drug-likeness (QED) is 0.921. The van der Waals surface area contributed by atoms with Gasteiger partial charge in [0.25, 0.3) is 0 Å². The number of benzene rings is 1. The van der Waals surface area contributed by atoms with Gasteiger partial charge < -0.3 is 5.11 Å². The van der Waals surface area contributed by atoms with E-state index in [2.05, 4.69) is 0 Å². The van der Waals surface area contributed by atoms with E-state index in [1.165, 1.54) is 22.5 Å². The molecule has 2 atom stereocenters. The van der Waals surface area contributed by atoms with E-state index in [9.17, 15) is 17.9 Å². The Kier molecular flexibility index (Phi) is 4.23. The summed E-state index contributed by atoms with van der Waals surface area (Å²) in [6.45, 7) is 1.96. The second-order valence-electron chi connectivity index (χ2n) is 4.88. The van der Waals surface area contributed by atoms with Crippen LogP contribution in [0.1, 0.15) is 26.2 Å². The number of aliphatic hydroxyl groups excluding tert-OH is 1. The second kappa shape index (κ2) is 5.56. The van der Waals surface area contributed by atoms with Crippen molar-refractivity contribution in [3.63, 3.8) is 0 Å². The maximum Gasteiger partial charge on any atom is 0.243 e. The van der Waals surface area contributed by atoms with Gasteiger partial charge in [-0.15, -0.1) is 0 Å². The van der Waals surface area contributed by atoms with Gasteiger partial charge in [-0.05, 0) is 38.0 Å². The van der Waals surface area contributed by atoms with Crippen molar-refractivity contribution in [3.05, 3.63) is 30.1 Å². The molecule has 1 aromatic carbocycles. The van der Waals surface area contributed by atoms with Crippen LogP contribution in [-0.2, 0) is 10.0 Å². The normalized spacial score (nSPS) is 23.2. The van der Waals surface area contributed by atoms with E-state index in [0.29, 0.717) is 13.0 Å². The molecular formula is C13H18FNO3S. The molecule has 1 saturated heterocycles. The Balaban J connectivity index is 2.37. The molecule has 4 nitrogen and oxygen atoms in total. The Labute approximate surface area is 112 Å². The molecule has 19 heavy (non-hydrogen) atoms. The van der Waals surface area contributed by atoms with Crippen molar-refractivity contribution in [2.24, 2.45) is 0 Å². The average molecular weight is 287 g/mol. The lowest BCUT2D eigenvalue weighted by Gasteiger charge is -2.36. The molecule has 0 aliphatic carbocycles. The zero-order valence-electron chi connectivity index (χ0n) is 10.8. The molecular weight excluding hydrogens is 269 g/mol. The third-order valence-corrected chi connectivity index (χ3v) is 5.38. The van der Waals surface area contributed by atoms with E-state index in [1.807, 2.05) is 0 Å². The summed E-state index contributed by atoms with van der Waals surface area (Å²) in [4.78, 5) is -0.0555. The lowest BCUT2D eigenvalue weighted by atomic mass is 10.0. The van der Waals surface area contributed by atoms with Gasteiger partial charge in [0.05, 0.1) is 17.0 Å². The van der Waals surface area contributed by atoms with Crippen LogP contribution in [0.4, 0.5) is 4.39 Å². The summed E-state index contributed by atoms with van der Waals surface area (Å²) in [5, 5.41) is 9.73. The molecule has 0 saturated carbocycles. The molecule has 1 N–H and O–H groups in total. The van der Waals surface area contributed by atoms with Crippen molar-refractivity contribution in [1.29, 1.82) is 0 Å². The summed E-state index contributed by atoms with van der Waals surface area (Å²) in [6.07, 6.45) is 1.55. The Morgan fingerprint density at radius 2 is 2.16 bits per heavy atom. The van der Waals surface area contributed by atoms with Gasteiger partial charge in [-0.1, -0.05) is 12.5 Å². The van der Waals surface area contributed by atoms with Gasteiger partial charge in [-0.3, -0.25) is 0 Å². The van der Waals surface area contributed by atoms with E-state index in [0.717, 1.165) is 18.9 Å². The lowest BCUT2D eigenvalue weighted by molar-refractivity contribution is 0.0831. The molecule has 1 aromatic rings. The van der Waals surface area contributed by atoms with Crippen LogP contribution < -0.4 is 0 Å². The maximum absolute atomic E-state index is 13.2. The minimum absolute atomic E-state index is 0.0555. The number of aliphatic hydroxyl groups is 1. The van der Waals surface area contributed by atoms with Gasteiger partial charge in [-0.2, -0.15) is 4.31 Å². The number of piperidine rings is 1. The zero-order valence-corrected chi connectivity index (χ0v) is 11.6. The molecule has 0 bridgehead atoms. The third kappa shape index (κ3) is 2.96. The van der Waals surface area contributed by atoms with Crippen LogP contribution in [-0.4, -0.2) is 36.5 Å². The van der Waals surface area contributed by atoms with Gasteiger partial charge in [0.15, 0.2) is 0 Å². The minimum Gasteiger partial charge on any atom is -0.392 e. The van der Waals surface area contributed by atoms with Gasteiger partial charge >= 0.3 is 0 Å². The summed E-state index contributed by atoms with van der Waals surface area (Å²) in [5.41, 5.74) is 0. The van der Waals surface area contributed by atoms with Crippen molar-refractivity contribution in [2.75, 3.05) is 6.54 Å². The van der Waals surface area contributed by atoms with Crippen LogP contribution >= 0.6 is 0 Å². The van der Waals surface area contributed by atoms with Crippen molar-refractivity contribution in [2.45, 2.75) is 43.2 Å². The Hall–Kier alpha value is -0.980. The predicted molar refractivity (Wildman–Crippen MR) is 69.6 cm³/mol. The molecule has 2 rings (SSSR count). The highest BCUT2D eigenvalue weighted by molar-refractivity contribution is 7.89. The van der Waals surface area contributed by atoms with Gasteiger partial charge in [-0.25, -0.2) is 12.8 Å². The monoisotopic (exact) mass is 287 g/mol. The number of nitrogens with zero attached hydrogens (tertiary/aromatic N) is 1. The smallest absolute Gasteiger partial charge is 0.243 e. The average Bonchev–Trinajstić information content (AvgIpc) is 2.38. The van der Waals surface area contributed by atoms with Crippen molar-refractivity contribution >= 4 is 10.0 Å². The van der Waals surface area contributed by atoms with Crippen LogP contribution in [0.5, 0.6) is 0 Å². The second-order valence-corrected chi connectivity index (χ2v) is 6.77. The first kappa shape index (κ1) is 14.4. The zero-order chi connectivity index (χ0) is 14.0. The lowest BCUT2D eigenvalue weighted by Crippen LogP contribution is -2.48. The Bertz CT molecular complexity index is 545. The van der Waals surface area contributed by atoms with Crippen molar-refractivity contribution in [3.8, 4) is 0 Å². The third-order valence-electron chi connectivity index (χ3n) is 3.46. The molecule has 0 spiro atoms. The minimum atomic E-state index is -3.75. The largest absolute Gasteiger partial charge is 0.392 e. The topological polar surface area (TPSA) is 57.6 Å². The molecule has 1 heterocycles. The first-order chi connectivity index (χ1) is 8.93. The fourth-order valence-corrected chi connectivity index (χ4v) is 4.26. The van der Waals surface area contributed by atoms with Crippen molar-refractivity contribution < 1.29 is 17.9 Å². The Morgan fingerprint density at radius 3 is 2.79 bits per heavy atom. The van der Waals surface area contributed by atoms with E-state index < -0.39 is 28.0 Å². The highest BCUT2D eigenvalue weighted by Crippen LogP contribution is 2.27. The number of sulfonamides is 1. The number of halogens is 1. The summed E-state index contributed by atoms with van der Waals surface area (Å²) in [5.74, 6) is -0.577. The fraction of sp³-hybridized carbons (Fsp3) is 0.538. The van der Waals surface area contributed by atoms with Crippen LogP contribution in [0.15, 0.2) is 29.2 Å². The number of rotatable bonds is 3.